The highest BCUT2D eigenvalue weighted by molar-refractivity contribution is 5.17. The number of hydrogen-bond acceptors (Lipinski definition) is 6. The number of benzene rings is 2. The van der Waals surface area contributed by atoms with Gasteiger partial charge in [-0.05, 0) is 116 Å². The van der Waals surface area contributed by atoms with Gasteiger partial charge in [0, 0.05) is 63.4 Å². The van der Waals surface area contributed by atoms with Crippen LogP contribution >= 0.6 is 0 Å². The number of hydrogen-bond donors (Lipinski definition) is 1. The maximum absolute atomic E-state index is 5.95. The minimum absolute atomic E-state index is 0.482. The van der Waals surface area contributed by atoms with Crippen molar-refractivity contribution in [3.05, 3.63) is 71.8 Å². The van der Waals surface area contributed by atoms with E-state index in [0.29, 0.717) is 12.1 Å². The maximum atomic E-state index is 5.95. The smallest absolute Gasteiger partial charge is 0.0240 e. The van der Waals surface area contributed by atoms with Gasteiger partial charge in [-0.2, -0.15) is 0 Å². The minimum Gasteiger partial charge on any atom is -0.328 e. The van der Waals surface area contributed by atoms with Crippen molar-refractivity contribution in [1.29, 1.82) is 0 Å². The minimum atomic E-state index is 0.482. The van der Waals surface area contributed by atoms with E-state index in [9.17, 15) is 0 Å². The molecule has 6 nitrogen and oxygen atoms in total. The molecule has 4 aliphatic rings. The molecular formula is C38H62N6. The van der Waals surface area contributed by atoms with Gasteiger partial charge >= 0.3 is 0 Å². The van der Waals surface area contributed by atoms with Gasteiger partial charge in [0.2, 0.25) is 0 Å². The van der Waals surface area contributed by atoms with E-state index in [4.69, 9.17) is 5.73 Å². The lowest BCUT2D eigenvalue weighted by atomic mass is 9.88. The molecule has 2 saturated carbocycles. The number of nitrogens with zero attached hydrogens (tertiary/aromatic N) is 5. The van der Waals surface area contributed by atoms with E-state index in [0.717, 1.165) is 25.2 Å². The Balaban J connectivity index is 0.000000215. The van der Waals surface area contributed by atoms with E-state index < -0.39 is 0 Å². The molecule has 4 fully saturated rings. The molecular weight excluding hydrogens is 540 g/mol. The van der Waals surface area contributed by atoms with E-state index >= 15 is 0 Å². The summed E-state index contributed by atoms with van der Waals surface area (Å²) in [6.45, 7) is 12.2. The summed E-state index contributed by atoms with van der Waals surface area (Å²) in [6.07, 6.45) is 13.1. The molecule has 2 saturated heterocycles. The predicted octanol–water partition coefficient (Wildman–Crippen LogP) is 5.53. The van der Waals surface area contributed by atoms with Gasteiger partial charge in [0.15, 0.2) is 0 Å². The van der Waals surface area contributed by atoms with E-state index in [1.54, 1.807) is 0 Å². The van der Waals surface area contributed by atoms with Crippen LogP contribution in [0, 0.1) is 0 Å². The van der Waals surface area contributed by atoms with Crippen LogP contribution in [0.3, 0.4) is 0 Å². The first-order valence-electron chi connectivity index (χ1n) is 18.0. The molecule has 0 spiro atoms. The van der Waals surface area contributed by atoms with Gasteiger partial charge in [0.25, 0.3) is 0 Å². The molecule has 0 radical (unpaired) electrons. The van der Waals surface area contributed by atoms with Crippen LogP contribution in [0.25, 0.3) is 0 Å². The Hall–Kier alpha value is -1.80. The first-order chi connectivity index (χ1) is 21.5. The van der Waals surface area contributed by atoms with Gasteiger partial charge in [-0.3, -0.25) is 14.7 Å². The van der Waals surface area contributed by atoms with Gasteiger partial charge in [-0.1, -0.05) is 60.7 Å². The van der Waals surface area contributed by atoms with Gasteiger partial charge in [0.05, 0.1) is 0 Å². The second-order valence-electron chi connectivity index (χ2n) is 14.3. The molecule has 0 aromatic heterocycles. The van der Waals surface area contributed by atoms with E-state index in [1.807, 2.05) is 0 Å². The van der Waals surface area contributed by atoms with E-state index in [2.05, 4.69) is 99.3 Å². The van der Waals surface area contributed by atoms with Crippen LogP contribution in [0.4, 0.5) is 0 Å². The first-order valence-corrected chi connectivity index (χ1v) is 18.0. The highest BCUT2D eigenvalue weighted by Gasteiger charge is 2.30. The summed E-state index contributed by atoms with van der Waals surface area (Å²) < 4.78 is 0. The summed E-state index contributed by atoms with van der Waals surface area (Å²) in [5.74, 6) is 0. The molecule has 2 heterocycles. The summed E-state index contributed by atoms with van der Waals surface area (Å²) in [6, 6.07) is 24.8. The zero-order chi connectivity index (χ0) is 30.6. The molecule has 2 aliphatic carbocycles. The molecule has 2 aliphatic heterocycles. The Labute approximate surface area is 269 Å². The quantitative estimate of drug-likeness (QED) is 0.450. The topological polar surface area (TPSA) is 42.2 Å². The average molecular weight is 603 g/mol. The molecule has 2 aromatic carbocycles. The number of rotatable bonds is 7. The lowest BCUT2D eigenvalue weighted by Gasteiger charge is -2.40. The summed E-state index contributed by atoms with van der Waals surface area (Å²) in [4.78, 5) is 13.2. The zero-order valence-electron chi connectivity index (χ0n) is 28.0. The second kappa shape index (κ2) is 17.8. The molecule has 6 rings (SSSR count). The molecule has 0 amide bonds. The highest BCUT2D eigenvalue weighted by Crippen LogP contribution is 2.29. The standard InChI is InChI=1S/C26H37N3.C12H25N3/c1-27-17-8-18-28(20-19-27)25-13-15-26(16-14-25)29(21-23-9-4-2-5-10-23)22-24-11-6-3-7-12-24;1-14-7-2-8-15(10-9-14)12-5-3-11(13)4-6-12/h2-7,9-12,25-26H,8,13-22H2,1H3;11-12H,2-10,13H2,1H3. The summed E-state index contributed by atoms with van der Waals surface area (Å²) in [5.41, 5.74) is 8.82. The summed E-state index contributed by atoms with van der Waals surface area (Å²) >= 11 is 0. The van der Waals surface area contributed by atoms with Gasteiger partial charge in [0.1, 0.15) is 0 Å². The third-order valence-electron chi connectivity index (χ3n) is 10.9. The highest BCUT2D eigenvalue weighted by atomic mass is 15.2. The number of likely N-dealkylation sites (N-methyl/N-ethyl adjacent to an activating group) is 2. The maximum Gasteiger partial charge on any atom is 0.0240 e. The largest absolute Gasteiger partial charge is 0.328 e. The fourth-order valence-corrected chi connectivity index (χ4v) is 8.07. The van der Waals surface area contributed by atoms with Gasteiger partial charge < -0.3 is 15.5 Å². The Bertz CT molecular complexity index is 992. The average Bonchev–Trinajstić information content (AvgIpc) is 3.42. The van der Waals surface area contributed by atoms with Crippen LogP contribution in [-0.2, 0) is 13.1 Å². The molecule has 2 aromatic rings. The molecule has 0 atom stereocenters. The molecule has 2 N–H and O–H groups in total. The molecule has 244 valence electrons. The lowest BCUT2D eigenvalue weighted by molar-refractivity contribution is 0.0878. The van der Waals surface area contributed by atoms with Gasteiger partial charge in [-0.25, -0.2) is 0 Å². The van der Waals surface area contributed by atoms with Crippen LogP contribution in [0.15, 0.2) is 60.7 Å². The SMILES string of the molecule is CN1CCCN(C2CCC(N(Cc3ccccc3)Cc3ccccc3)CC2)CC1.CN1CCCN(C2CCC(N)CC2)CC1. The van der Waals surface area contributed by atoms with Gasteiger partial charge in [-0.15, -0.1) is 0 Å². The third-order valence-corrected chi connectivity index (χ3v) is 10.9. The van der Waals surface area contributed by atoms with Crippen LogP contribution in [0.5, 0.6) is 0 Å². The van der Waals surface area contributed by atoms with E-state index in [1.165, 1.54) is 128 Å². The molecule has 0 unspecified atom stereocenters. The second-order valence-corrected chi connectivity index (χ2v) is 14.3. The van der Waals surface area contributed by atoms with Crippen LogP contribution in [0.1, 0.15) is 75.3 Å². The zero-order valence-corrected chi connectivity index (χ0v) is 28.0. The van der Waals surface area contributed by atoms with Crippen molar-refractivity contribution in [3.8, 4) is 0 Å². The Morgan fingerprint density at radius 2 is 0.977 bits per heavy atom. The third kappa shape index (κ3) is 10.6. The fourth-order valence-electron chi connectivity index (χ4n) is 8.07. The van der Waals surface area contributed by atoms with E-state index in [-0.39, 0.29) is 0 Å². The fraction of sp³-hybridized carbons (Fsp3) is 0.684. The van der Waals surface area contributed by atoms with Crippen LogP contribution in [0.2, 0.25) is 0 Å². The monoisotopic (exact) mass is 603 g/mol. The molecule has 0 bridgehead atoms. The normalized spacial score (nSPS) is 28.5. The van der Waals surface area contributed by atoms with Crippen molar-refractivity contribution in [2.24, 2.45) is 5.73 Å². The molecule has 6 heteroatoms. The predicted molar refractivity (Wildman–Crippen MR) is 186 cm³/mol. The Morgan fingerprint density at radius 1 is 0.545 bits per heavy atom. The van der Waals surface area contributed by atoms with Crippen molar-refractivity contribution >= 4 is 0 Å². The molecule has 44 heavy (non-hydrogen) atoms. The van der Waals surface area contributed by atoms with Crippen LogP contribution in [-0.4, -0.2) is 115 Å². The summed E-state index contributed by atoms with van der Waals surface area (Å²) in [5, 5.41) is 0. The lowest BCUT2D eigenvalue weighted by Crippen LogP contribution is -2.44. The van der Waals surface area contributed by atoms with Crippen molar-refractivity contribution < 1.29 is 0 Å². The first kappa shape index (κ1) is 33.6. The van der Waals surface area contributed by atoms with Crippen molar-refractivity contribution in [2.75, 3.05) is 66.5 Å². The number of nitrogens with two attached hydrogens (primary N) is 1. The van der Waals surface area contributed by atoms with Crippen LogP contribution < -0.4 is 5.73 Å². The van der Waals surface area contributed by atoms with Crippen molar-refractivity contribution in [1.82, 2.24) is 24.5 Å². The Morgan fingerprint density at radius 3 is 1.43 bits per heavy atom. The van der Waals surface area contributed by atoms with Crippen molar-refractivity contribution in [3.63, 3.8) is 0 Å². The Kier molecular flexibility index (Phi) is 13.6. The summed E-state index contributed by atoms with van der Waals surface area (Å²) in [7, 11) is 4.51. The van der Waals surface area contributed by atoms with Crippen molar-refractivity contribution in [2.45, 2.75) is 101 Å².